The summed E-state index contributed by atoms with van der Waals surface area (Å²) in [4.78, 5) is 0. The third-order valence-corrected chi connectivity index (χ3v) is 5.32. The van der Waals surface area contributed by atoms with Gasteiger partial charge in [-0.25, -0.2) is 12.7 Å². The van der Waals surface area contributed by atoms with Gasteiger partial charge < -0.3 is 0 Å². The smallest absolute Gasteiger partial charge is 0.212 e. The van der Waals surface area contributed by atoms with Crippen molar-refractivity contribution in [2.24, 2.45) is 5.92 Å². The summed E-state index contributed by atoms with van der Waals surface area (Å²) < 4.78 is 25.4. The van der Waals surface area contributed by atoms with Crippen LogP contribution in [0, 0.1) is 5.92 Å². The summed E-state index contributed by atoms with van der Waals surface area (Å²) in [6.07, 6.45) is 5.16. The van der Waals surface area contributed by atoms with Gasteiger partial charge in [0.25, 0.3) is 0 Å². The van der Waals surface area contributed by atoms with E-state index in [2.05, 4.69) is 6.92 Å². The van der Waals surface area contributed by atoms with Crippen molar-refractivity contribution < 1.29 is 8.42 Å². The Morgan fingerprint density at radius 2 is 1.93 bits per heavy atom. The monoisotopic (exact) mass is 233 g/mol. The van der Waals surface area contributed by atoms with Crippen molar-refractivity contribution >= 4 is 10.0 Å². The van der Waals surface area contributed by atoms with Crippen LogP contribution in [0.2, 0.25) is 0 Å². The minimum absolute atomic E-state index is 0.309. The van der Waals surface area contributed by atoms with E-state index in [1.165, 1.54) is 12.8 Å². The van der Waals surface area contributed by atoms with E-state index in [4.69, 9.17) is 0 Å². The summed E-state index contributed by atoms with van der Waals surface area (Å²) in [6.45, 7) is 5.59. The fourth-order valence-corrected chi connectivity index (χ4v) is 3.78. The highest BCUT2D eigenvalue weighted by atomic mass is 32.2. The summed E-state index contributed by atoms with van der Waals surface area (Å²) in [5.41, 5.74) is 0. The van der Waals surface area contributed by atoms with Crippen LogP contribution in [0.25, 0.3) is 0 Å². The topological polar surface area (TPSA) is 37.4 Å². The minimum Gasteiger partial charge on any atom is -0.212 e. The highest BCUT2D eigenvalue weighted by Crippen LogP contribution is 2.22. The second-order valence-electron chi connectivity index (χ2n) is 4.42. The minimum atomic E-state index is -2.96. The van der Waals surface area contributed by atoms with Gasteiger partial charge in [-0.1, -0.05) is 20.3 Å². The molecule has 0 aromatic heterocycles. The van der Waals surface area contributed by atoms with Crippen LogP contribution in [0.15, 0.2) is 0 Å². The average molecular weight is 233 g/mol. The second kappa shape index (κ2) is 5.85. The molecule has 1 aliphatic rings. The molecule has 1 unspecified atom stereocenters. The van der Waals surface area contributed by atoms with Gasteiger partial charge in [0.15, 0.2) is 0 Å². The summed E-state index contributed by atoms with van der Waals surface area (Å²) in [7, 11) is -2.96. The van der Waals surface area contributed by atoms with Gasteiger partial charge in [-0.2, -0.15) is 0 Å². The van der Waals surface area contributed by atoms with Gasteiger partial charge in [0.1, 0.15) is 0 Å². The van der Waals surface area contributed by atoms with Crippen LogP contribution >= 0.6 is 0 Å². The van der Waals surface area contributed by atoms with E-state index in [0.717, 1.165) is 38.3 Å². The Morgan fingerprint density at radius 3 is 2.53 bits per heavy atom. The number of rotatable bonds is 4. The Labute approximate surface area is 93.9 Å². The standard InChI is InChI=1S/C11H23NO2S/c1-3-10-15(13,14)12-8-5-6-11(4-2)7-9-12/h11H,3-10H2,1-2H3. The first-order valence-electron chi connectivity index (χ1n) is 6.08. The Bertz CT molecular complexity index is 274. The van der Waals surface area contributed by atoms with Crippen molar-refractivity contribution in [2.45, 2.75) is 46.0 Å². The molecule has 1 fully saturated rings. The largest absolute Gasteiger partial charge is 0.214 e. The molecule has 0 aromatic carbocycles. The van der Waals surface area contributed by atoms with E-state index < -0.39 is 10.0 Å². The van der Waals surface area contributed by atoms with Crippen molar-refractivity contribution in [3.05, 3.63) is 0 Å². The molecule has 0 amide bonds. The molecule has 3 nitrogen and oxygen atoms in total. The van der Waals surface area contributed by atoms with Gasteiger partial charge in [0.2, 0.25) is 10.0 Å². The van der Waals surface area contributed by atoms with Crippen LogP contribution in [0.5, 0.6) is 0 Å². The Hall–Kier alpha value is -0.0900. The number of hydrogen-bond donors (Lipinski definition) is 0. The third kappa shape index (κ3) is 3.76. The maximum absolute atomic E-state index is 11.9. The van der Waals surface area contributed by atoms with Crippen LogP contribution in [0.3, 0.4) is 0 Å². The molecule has 1 heterocycles. The lowest BCUT2D eigenvalue weighted by atomic mass is 9.98. The van der Waals surface area contributed by atoms with Crippen LogP contribution < -0.4 is 0 Å². The van der Waals surface area contributed by atoms with E-state index in [0.29, 0.717) is 5.75 Å². The summed E-state index contributed by atoms with van der Waals surface area (Å²) in [5.74, 6) is 1.04. The zero-order chi connectivity index (χ0) is 11.3. The fraction of sp³-hybridized carbons (Fsp3) is 1.00. The molecule has 90 valence electrons. The van der Waals surface area contributed by atoms with Crippen LogP contribution in [0.4, 0.5) is 0 Å². The van der Waals surface area contributed by atoms with Crippen LogP contribution in [0.1, 0.15) is 46.0 Å². The van der Waals surface area contributed by atoms with Gasteiger partial charge in [0.05, 0.1) is 5.75 Å². The Balaban J connectivity index is 2.57. The molecule has 4 heteroatoms. The third-order valence-electron chi connectivity index (χ3n) is 3.24. The first kappa shape index (κ1) is 13.0. The molecule has 0 aliphatic carbocycles. The molecule has 15 heavy (non-hydrogen) atoms. The number of nitrogens with zero attached hydrogens (tertiary/aromatic N) is 1. The molecule has 1 atom stereocenters. The van der Waals surface area contributed by atoms with Gasteiger partial charge in [-0.05, 0) is 31.6 Å². The summed E-state index contributed by atoms with van der Waals surface area (Å²) in [5, 5.41) is 0. The van der Waals surface area contributed by atoms with Crippen LogP contribution in [-0.4, -0.2) is 31.6 Å². The first-order valence-corrected chi connectivity index (χ1v) is 7.69. The van der Waals surface area contributed by atoms with E-state index >= 15 is 0 Å². The molecule has 0 saturated carbocycles. The molecule has 0 spiro atoms. The van der Waals surface area contributed by atoms with Gasteiger partial charge in [-0.3, -0.25) is 0 Å². The second-order valence-corrected chi connectivity index (χ2v) is 6.51. The van der Waals surface area contributed by atoms with Gasteiger partial charge >= 0.3 is 0 Å². The van der Waals surface area contributed by atoms with Gasteiger partial charge in [0, 0.05) is 13.1 Å². The Kier molecular flexibility index (Phi) is 5.06. The lowest BCUT2D eigenvalue weighted by Crippen LogP contribution is -2.33. The molecule has 1 aliphatic heterocycles. The normalized spacial score (nSPS) is 25.1. The lowest BCUT2D eigenvalue weighted by Gasteiger charge is -2.19. The number of sulfonamides is 1. The average Bonchev–Trinajstić information content (AvgIpc) is 2.42. The zero-order valence-corrected chi connectivity index (χ0v) is 10.7. The summed E-state index contributed by atoms with van der Waals surface area (Å²) >= 11 is 0. The molecular formula is C11H23NO2S. The van der Waals surface area contributed by atoms with Crippen molar-refractivity contribution in [2.75, 3.05) is 18.8 Å². The van der Waals surface area contributed by atoms with Crippen molar-refractivity contribution in [1.29, 1.82) is 0 Å². The molecule has 0 N–H and O–H groups in total. The fourth-order valence-electron chi connectivity index (χ4n) is 2.21. The lowest BCUT2D eigenvalue weighted by molar-refractivity contribution is 0.407. The molecule has 0 bridgehead atoms. The maximum Gasteiger partial charge on any atom is 0.214 e. The quantitative estimate of drug-likeness (QED) is 0.747. The van der Waals surface area contributed by atoms with E-state index in [1.807, 2.05) is 6.92 Å². The molecule has 1 rings (SSSR count). The molecular weight excluding hydrogens is 210 g/mol. The number of hydrogen-bond acceptors (Lipinski definition) is 2. The van der Waals surface area contributed by atoms with Crippen molar-refractivity contribution in [1.82, 2.24) is 4.31 Å². The highest BCUT2D eigenvalue weighted by molar-refractivity contribution is 7.89. The van der Waals surface area contributed by atoms with E-state index in [-0.39, 0.29) is 0 Å². The van der Waals surface area contributed by atoms with Crippen LogP contribution in [-0.2, 0) is 10.0 Å². The van der Waals surface area contributed by atoms with Crippen molar-refractivity contribution in [3.63, 3.8) is 0 Å². The van der Waals surface area contributed by atoms with Crippen molar-refractivity contribution in [3.8, 4) is 0 Å². The first-order chi connectivity index (χ1) is 7.10. The van der Waals surface area contributed by atoms with E-state index in [1.54, 1.807) is 4.31 Å². The highest BCUT2D eigenvalue weighted by Gasteiger charge is 2.24. The molecule has 1 saturated heterocycles. The van der Waals surface area contributed by atoms with E-state index in [9.17, 15) is 8.42 Å². The predicted molar refractivity (Wildman–Crippen MR) is 63.3 cm³/mol. The predicted octanol–water partition coefficient (Wildman–Crippen LogP) is 2.24. The Morgan fingerprint density at radius 1 is 1.20 bits per heavy atom. The molecule has 0 radical (unpaired) electrons. The summed E-state index contributed by atoms with van der Waals surface area (Å²) in [6, 6.07) is 0. The van der Waals surface area contributed by atoms with Gasteiger partial charge in [-0.15, -0.1) is 0 Å². The maximum atomic E-state index is 11.9. The molecule has 0 aromatic rings. The SMILES string of the molecule is CCCS(=O)(=O)N1CCCC(CC)CC1. The zero-order valence-electron chi connectivity index (χ0n) is 9.91.